The number of hydrogen-bond acceptors (Lipinski definition) is 0. The fourth-order valence-electron chi connectivity index (χ4n) is 2.06. The minimum atomic E-state index is 0.696. The van der Waals surface area contributed by atoms with E-state index >= 15 is 0 Å². The Morgan fingerprint density at radius 1 is 1.25 bits per heavy atom. The van der Waals surface area contributed by atoms with Crippen LogP contribution in [0.5, 0.6) is 0 Å². The normalized spacial score (nSPS) is 17.4. The van der Waals surface area contributed by atoms with Gasteiger partial charge in [0.1, 0.15) is 0 Å². The lowest BCUT2D eigenvalue weighted by atomic mass is 9.91. The van der Waals surface area contributed by atoms with Gasteiger partial charge in [-0.25, -0.2) is 0 Å². The van der Waals surface area contributed by atoms with Crippen LogP contribution >= 0.6 is 0 Å². The highest BCUT2D eigenvalue weighted by Gasteiger charge is 2.06. The third-order valence-corrected chi connectivity index (χ3v) is 3.30. The Balaban J connectivity index is 2.27. The zero-order valence-corrected chi connectivity index (χ0v) is 11.3. The van der Waals surface area contributed by atoms with Crippen molar-refractivity contribution in [1.82, 2.24) is 0 Å². The van der Waals surface area contributed by atoms with Crippen LogP contribution in [0, 0.1) is 5.92 Å². The maximum Gasteiger partial charge on any atom is -0.0280 e. The van der Waals surface area contributed by atoms with Gasteiger partial charge in [0.15, 0.2) is 0 Å². The molecule has 1 aliphatic carbocycles. The zero-order chi connectivity index (χ0) is 12.0. The molecule has 0 spiro atoms. The molecule has 1 rings (SSSR count). The van der Waals surface area contributed by atoms with E-state index < -0.39 is 0 Å². The summed E-state index contributed by atoms with van der Waals surface area (Å²) in [5.41, 5.74) is 4.73. The average Bonchev–Trinajstić information content (AvgIpc) is 2.22. The molecule has 0 nitrogen and oxygen atoms in total. The second-order valence-electron chi connectivity index (χ2n) is 5.33. The van der Waals surface area contributed by atoms with Crippen LogP contribution in [0.3, 0.4) is 0 Å². The Labute approximate surface area is 101 Å². The quantitative estimate of drug-likeness (QED) is 0.426. The molecule has 90 valence electrons. The minimum absolute atomic E-state index is 0.696. The van der Waals surface area contributed by atoms with Crippen molar-refractivity contribution in [3.05, 3.63) is 34.9 Å². The molecule has 0 atom stereocenters. The summed E-state index contributed by atoms with van der Waals surface area (Å²) in [5, 5.41) is 0. The van der Waals surface area contributed by atoms with Crippen LogP contribution in [0.25, 0.3) is 0 Å². The zero-order valence-electron chi connectivity index (χ0n) is 11.3. The highest BCUT2D eigenvalue weighted by molar-refractivity contribution is 5.31. The first kappa shape index (κ1) is 13.3. The largest absolute Gasteiger partial charge is 0.0883 e. The molecule has 1 aliphatic rings. The van der Waals surface area contributed by atoms with Crippen LogP contribution in [-0.2, 0) is 0 Å². The Kier molecular flexibility index (Phi) is 5.59. The monoisotopic (exact) mass is 218 g/mol. The fraction of sp³-hybridized carbons (Fsp3) is 0.625. The van der Waals surface area contributed by atoms with E-state index in [0.717, 1.165) is 0 Å². The van der Waals surface area contributed by atoms with Crippen molar-refractivity contribution in [2.45, 2.75) is 59.8 Å². The van der Waals surface area contributed by atoms with Gasteiger partial charge in [-0.1, -0.05) is 48.8 Å². The smallest absolute Gasteiger partial charge is 0.0280 e. The molecule has 0 aromatic rings. The summed E-state index contributed by atoms with van der Waals surface area (Å²) in [6.07, 6.45) is 13.4. The van der Waals surface area contributed by atoms with Gasteiger partial charge in [-0.2, -0.15) is 0 Å². The Morgan fingerprint density at radius 3 is 2.62 bits per heavy atom. The minimum Gasteiger partial charge on any atom is -0.0883 e. The molecule has 0 amide bonds. The predicted molar refractivity (Wildman–Crippen MR) is 73.5 cm³/mol. The SMILES string of the molecule is CC1=C(C)CCC(CCCC=CC(C)C)=C1. The summed E-state index contributed by atoms with van der Waals surface area (Å²) >= 11 is 0. The van der Waals surface area contributed by atoms with Crippen LogP contribution in [0.2, 0.25) is 0 Å². The van der Waals surface area contributed by atoms with Crippen molar-refractivity contribution < 1.29 is 0 Å². The molecule has 0 unspecified atom stereocenters. The van der Waals surface area contributed by atoms with Gasteiger partial charge in [0.05, 0.1) is 0 Å². The van der Waals surface area contributed by atoms with Crippen molar-refractivity contribution in [3.63, 3.8) is 0 Å². The third kappa shape index (κ3) is 4.83. The van der Waals surface area contributed by atoms with E-state index in [2.05, 4.69) is 45.9 Å². The van der Waals surface area contributed by atoms with Gasteiger partial charge in [-0.3, -0.25) is 0 Å². The van der Waals surface area contributed by atoms with Gasteiger partial charge in [0.2, 0.25) is 0 Å². The van der Waals surface area contributed by atoms with E-state index in [1.54, 1.807) is 11.1 Å². The highest BCUT2D eigenvalue weighted by Crippen LogP contribution is 2.26. The Morgan fingerprint density at radius 2 is 2.00 bits per heavy atom. The summed E-state index contributed by atoms with van der Waals surface area (Å²) in [6.45, 7) is 8.97. The predicted octanol–water partition coefficient (Wildman–Crippen LogP) is 5.43. The maximum absolute atomic E-state index is 2.41. The molecular formula is C16H26. The third-order valence-electron chi connectivity index (χ3n) is 3.30. The van der Waals surface area contributed by atoms with E-state index in [0.29, 0.717) is 5.92 Å². The van der Waals surface area contributed by atoms with Crippen molar-refractivity contribution in [1.29, 1.82) is 0 Å². The van der Waals surface area contributed by atoms with Gasteiger partial charge >= 0.3 is 0 Å². The van der Waals surface area contributed by atoms with Crippen molar-refractivity contribution >= 4 is 0 Å². The van der Waals surface area contributed by atoms with Crippen LogP contribution in [-0.4, -0.2) is 0 Å². The lowest BCUT2D eigenvalue weighted by Crippen LogP contribution is -1.95. The molecule has 0 heterocycles. The summed E-state index contributed by atoms with van der Waals surface area (Å²) < 4.78 is 0. The molecule has 0 N–H and O–H groups in total. The van der Waals surface area contributed by atoms with Crippen LogP contribution in [0.15, 0.2) is 34.9 Å². The summed E-state index contributed by atoms with van der Waals surface area (Å²) in [5.74, 6) is 0.696. The number of hydrogen-bond donors (Lipinski definition) is 0. The molecular weight excluding hydrogens is 192 g/mol. The second-order valence-corrected chi connectivity index (χ2v) is 5.33. The van der Waals surface area contributed by atoms with E-state index in [9.17, 15) is 0 Å². The second kappa shape index (κ2) is 6.73. The lowest BCUT2D eigenvalue weighted by molar-refractivity contribution is 0.754. The van der Waals surface area contributed by atoms with E-state index in [4.69, 9.17) is 0 Å². The van der Waals surface area contributed by atoms with Gasteiger partial charge in [-0.05, 0) is 51.9 Å². The van der Waals surface area contributed by atoms with E-state index in [-0.39, 0.29) is 0 Å². The molecule has 16 heavy (non-hydrogen) atoms. The molecule has 0 heteroatoms. The number of rotatable bonds is 5. The molecule has 0 bridgehead atoms. The number of unbranched alkanes of at least 4 members (excludes halogenated alkanes) is 1. The van der Waals surface area contributed by atoms with Crippen molar-refractivity contribution in [3.8, 4) is 0 Å². The van der Waals surface area contributed by atoms with Gasteiger partial charge in [-0.15, -0.1) is 0 Å². The van der Waals surface area contributed by atoms with Gasteiger partial charge in [0.25, 0.3) is 0 Å². The standard InChI is InChI=1S/C16H26/c1-13(2)8-6-5-7-9-16-11-10-14(3)15(4)12-16/h6,8,12-13H,5,7,9-11H2,1-4H3. The lowest BCUT2D eigenvalue weighted by Gasteiger charge is -2.15. The van der Waals surface area contributed by atoms with E-state index in [1.807, 2.05) is 0 Å². The Bertz CT molecular complexity index is 300. The first-order chi connectivity index (χ1) is 7.59. The van der Waals surface area contributed by atoms with Gasteiger partial charge in [0, 0.05) is 0 Å². The van der Waals surface area contributed by atoms with Crippen molar-refractivity contribution in [2.75, 3.05) is 0 Å². The first-order valence-corrected chi connectivity index (χ1v) is 6.62. The summed E-state index contributed by atoms with van der Waals surface area (Å²) in [6, 6.07) is 0. The van der Waals surface area contributed by atoms with Gasteiger partial charge < -0.3 is 0 Å². The highest BCUT2D eigenvalue weighted by atomic mass is 14.1. The van der Waals surface area contributed by atoms with Crippen LogP contribution < -0.4 is 0 Å². The summed E-state index contributed by atoms with van der Waals surface area (Å²) in [4.78, 5) is 0. The molecule has 0 fully saturated rings. The first-order valence-electron chi connectivity index (χ1n) is 6.62. The molecule has 0 aromatic carbocycles. The average molecular weight is 218 g/mol. The van der Waals surface area contributed by atoms with Crippen LogP contribution in [0.4, 0.5) is 0 Å². The topological polar surface area (TPSA) is 0 Å². The van der Waals surface area contributed by atoms with E-state index in [1.165, 1.54) is 37.7 Å². The maximum atomic E-state index is 2.41. The Hall–Kier alpha value is -0.780. The van der Waals surface area contributed by atoms with Crippen LogP contribution in [0.1, 0.15) is 59.8 Å². The summed E-state index contributed by atoms with van der Waals surface area (Å²) in [7, 11) is 0. The number of allylic oxidation sites excluding steroid dienone is 6. The fourth-order valence-corrected chi connectivity index (χ4v) is 2.06. The van der Waals surface area contributed by atoms with Crippen molar-refractivity contribution in [2.24, 2.45) is 5.92 Å². The molecule has 0 saturated carbocycles. The molecule has 0 aromatic heterocycles. The molecule has 0 saturated heterocycles. The molecule has 0 radical (unpaired) electrons. The molecule has 0 aliphatic heterocycles.